The second-order valence-electron chi connectivity index (χ2n) is 12.5. The van der Waals surface area contributed by atoms with Crippen LogP contribution in [0.5, 0.6) is 5.75 Å². The number of rotatable bonds is 10. The summed E-state index contributed by atoms with van der Waals surface area (Å²) < 4.78 is 10.8. The Morgan fingerprint density at radius 1 is 0.814 bits per heavy atom. The smallest absolute Gasteiger partial charge is 0.408 e. The fourth-order valence-corrected chi connectivity index (χ4v) is 4.75. The number of carbonyl (C=O) groups excluding carboxylic acids is 3. The molecule has 0 aliphatic heterocycles. The van der Waals surface area contributed by atoms with Crippen molar-refractivity contribution in [3.8, 4) is 5.75 Å². The molecule has 0 aliphatic rings. The Kier molecular flexibility index (Phi) is 11.0. The van der Waals surface area contributed by atoms with Gasteiger partial charge < -0.3 is 25.0 Å². The van der Waals surface area contributed by atoms with Gasteiger partial charge in [-0.3, -0.25) is 9.59 Å². The molecule has 0 spiro atoms. The predicted molar refractivity (Wildman–Crippen MR) is 170 cm³/mol. The second kappa shape index (κ2) is 14.2. The third kappa shape index (κ3) is 9.60. The number of alkyl carbamates (subject to hydrolysis) is 1. The molecule has 3 rings (SSSR count). The lowest BCUT2D eigenvalue weighted by Gasteiger charge is -2.43. The average molecular weight is 588 g/mol. The van der Waals surface area contributed by atoms with Crippen molar-refractivity contribution in [2.24, 2.45) is 0 Å². The second-order valence-corrected chi connectivity index (χ2v) is 12.5. The van der Waals surface area contributed by atoms with Gasteiger partial charge in [0.05, 0.1) is 7.11 Å². The van der Waals surface area contributed by atoms with Gasteiger partial charge >= 0.3 is 6.09 Å². The van der Waals surface area contributed by atoms with Gasteiger partial charge in [0.15, 0.2) is 0 Å². The van der Waals surface area contributed by atoms with Crippen LogP contribution in [0.1, 0.15) is 71.2 Å². The molecule has 3 aromatic carbocycles. The van der Waals surface area contributed by atoms with Crippen LogP contribution in [0.25, 0.3) is 0 Å². The van der Waals surface area contributed by atoms with Gasteiger partial charge in [-0.15, -0.1) is 0 Å². The van der Waals surface area contributed by atoms with Crippen LogP contribution in [0, 0.1) is 0 Å². The molecule has 0 saturated carbocycles. The Bertz CT molecular complexity index is 1360. The summed E-state index contributed by atoms with van der Waals surface area (Å²) in [7, 11) is 1.58. The number of carbonyl (C=O) groups is 3. The van der Waals surface area contributed by atoms with Crippen LogP contribution in [0.3, 0.4) is 0 Å². The van der Waals surface area contributed by atoms with Gasteiger partial charge in [-0.2, -0.15) is 0 Å². The maximum atomic E-state index is 14.6. The summed E-state index contributed by atoms with van der Waals surface area (Å²) in [6.07, 6.45) is 0.346. The number of nitrogens with one attached hydrogen (secondary N) is 2. The van der Waals surface area contributed by atoms with Crippen LogP contribution in [-0.4, -0.2) is 47.1 Å². The first-order chi connectivity index (χ1) is 20.2. The maximum Gasteiger partial charge on any atom is 0.408 e. The zero-order valence-corrected chi connectivity index (χ0v) is 26.6. The molecule has 2 unspecified atom stereocenters. The third-order valence-electron chi connectivity index (χ3n) is 6.80. The van der Waals surface area contributed by atoms with E-state index in [1.54, 1.807) is 57.0 Å². The molecule has 230 valence electrons. The van der Waals surface area contributed by atoms with Crippen molar-refractivity contribution in [3.63, 3.8) is 0 Å². The summed E-state index contributed by atoms with van der Waals surface area (Å²) in [5.41, 5.74) is 1.62. The quantitative estimate of drug-likeness (QED) is 0.275. The number of amides is 3. The van der Waals surface area contributed by atoms with Gasteiger partial charge in [0.1, 0.15) is 23.4 Å². The van der Waals surface area contributed by atoms with Gasteiger partial charge in [0, 0.05) is 17.6 Å². The van der Waals surface area contributed by atoms with E-state index < -0.39 is 35.2 Å². The number of nitrogens with zero attached hydrogens (tertiary/aromatic N) is 1. The molecule has 43 heavy (non-hydrogen) atoms. The van der Waals surface area contributed by atoms with Gasteiger partial charge in [-0.05, 0) is 88.9 Å². The summed E-state index contributed by atoms with van der Waals surface area (Å²) in [4.78, 5) is 43.3. The minimum absolute atomic E-state index is 0.215. The molecular weight excluding hydrogens is 542 g/mol. The SMILES string of the molecule is CCc1ccc(C(C(=O)Nc2ccc(OC)cc2)N(C(=O)C(Cc2ccccc2)NC(=O)OC(C)(C)C)C(C)(C)C)cc1. The van der Waals surface area contributed by atoms with Crippen molar-refractivity contribution >= 4 is 23.6 Å². The Morgan fingerprint density at radius 2 is 1.42 bits per heavy atom. The van der Waals surface area contributed by atoms with E-state index in [0.29, 0.717) is 17.0 Å². The number of hydrogen-bond acceptors (Lipinski definition) is 5. The molecule has 0 fully saturated rings. The number of benzene rings is 3. The molecular formula is C35H45N3O5. The largest absolute Gasteiger partial charge is 0.497 e. The average Bonchev–Trinajstić information content (AvgIpc) is 2.94. The normalized spacial score (nSPS) is 12.9. The molecule has 0 radical (unpaired) electrons. The Balaban J connectivity index is 2.09. The highest BCUT2D eigenvalue weighted by Gasteiger charge is 2.42. The van der Waals surface area contributed by atoms with Crippen molar-refractivity contribution in [2.75, 3.05) is 12.4 Å². The van der Waals surface area contributed by atoms with Crippen LogP contribution in [0.2, 0.25) is 0 Å². The van der Waals surface area contributed by atoms with E-state index in [1.807, 2.05) is 75.4 Å². The molecule has 3 aromatic rings. The first kappa shape index (κ1) is 33.2. The van der Waals surface area contributed by atoms with Crippen molar-refractivity contribution in [2.45, 2.75) is 84.5 Å². The highest BCUT2D eigenvalue weighted by molar-refractivity contribution is 5.99. The van der Waals surface area contributed by atoms with E-state index in [9.17, 15) is 14.4 Å². The third-order valence-corrected chi connectivity index (χ3v) is 6.80. The van der Waals surface area contributed by atoms with Crippen LogP contribution in [0.4, 0.5) is 10.5 Å². The maximum absolute atomic E-state index is 14.6. The number of methoxy groups -OCH3 is 1. The fraction of sp³-hybridized carbons (Fsp3) is 0.400. The van der Waals surface area contributed by atoms with Crippen molar-refractivity contribution < 1.29 is 23.9 Å². The molecule has 8 heteroatoms. The van der Waals surface area contributed by atoms with E-state index in [4.69, 9.17) is 9.47 Å². The topological polar surface area (TPSA) is 97.0 Å². The Labute approximate surface area is 255 Å². The lowest BCUT2D eigenvalue weighted by Crippen LogP contribution is -2.58. The zero-order chi connectivity index (χ0) is 31.8. The van der Waals surface area contributed by atoms with Crippen molar-refractivity contribution in [1.29, 1.82) is 0 Å². The molecule has 0 saturated heterocycles. The molecule has 0 aliphatic carbocycles. The first-order valence-corrected chi connectivity index (χ1v) is 14.6. The molecule has 0 heterocycles. The van der Waals surface area contributed by atoms with Gasteiger partial charge in [0.2, 0.25) is 5.91 Å². The van der Waals surface area contributed by atoms with Crippen LogP contribution < -0.4 is 15.4 Å². The minimum Gasteiger partial charge on any atom is -0.497 e. The minimum atomic E-state index is -1.00. The summed E-state index contributed by atoms with van der Waals surface area (Å²) in [5, 5.41) is 5.79. The number of anilines is 1. The monoisotopic (exact) mass is 587 g/mol. The summed E-state index contributed by atoms with van der Waals surface area (Å²) >= 11 is 0. The molecule has 3 amide bonds. The number of aryl methyl sites for hydroxylation is 1. The number of hydrogen-bond donors (Lipinski definition) is 2. The summed E-state index contributed by atoms with van der Waals surface area (Å²) in [5.74, 6) is -0.127. The van der Waals surface area contributed by atoms with Crippen LogP contribution in [0.15, 0.2) is 78.9 Å². The molecule has 8 nitrogen and oxygen atoms in total. The van der Waals surface area contributed by atoms with Gasteiger partial charge in [-0.25, -0.2) is 4.79 Å². The van der Waals surface area contributed by atoms with Crippen molar-refractivity contribution in [3.05, 3.63) is 95.6 Å². The summed E-state index contributed by atoms with van der Waals surface area (Å²) in [6, 6.07) is 22.2. The number of ether oxygens (including phenoxy) is 2. The first-order valence-electron chi connectivity index (χ1n) is 14.6. The van der Waals surface area contributed by atoms with E-state index in [-0.39, 0.29) is 12.3 Å². The molecule has 2 N–H and O–H groups in total. The highest BCUT2D eigenvalue weighted by atomic mass is 16.6. The van der Waals surface area contributed by atoms with E-state index in [1.165, 1.54) is 0 Å². The molecule has 0 aromatic heterocycles. The van der Waals surface area contributed by atoms with Gasteiger partial charge in [-0.1, -0.05) is 61.5 Å². The van der Waals surface area contributed by atoms with Crippen LogP contribution >= 0.6 is 0 Å². The van der Waals surface area contributed by atoms with E-state index >= 15 is 0 Å². The lowest BCUT2D eigenvalue weighted by atomic mass is 9.93. The Morgan fingerprint density at radius 3 is 1.93 bits per heavy atom. The van der Waals surface area contributed by atoms with Crippen molar-refractivity contribution in [1.82, 2.24) is 10.2 Å². The zero-order valence-electron chi connectivity index (χ0n) is 26.6. The molecule has 0 bridgehead atoms. The predicted octanol–water partition coefficient (Wildman–Crippen LogP) is 6.70. The van der Waals surface area contributed by atoms with E-state index in [2.05, 4.69) is 17.6 Å². The summed E-state index contributed by atoms with van der Waals surface area (Å²) in [6.45, 7) is 13.0. The fourth-order valence-electron chi connectivity index (χ4n) is 4.75. The van der Waals surface area contributed by atoms with Gasteiger partial charge in [0.25, 0.3) is 5.91 Å². The molecule has 2 atom stereocenters. The van der Waals surface area contributed by atoms with Crippen LogP contribution in [-0.2, 0) is 27.2 Å². The van der Waals surface area contributed by atoms with E-state index in [0.717, 1.165) is 17.5 Å². The standard InChI is InChI=1S/C35H45N3O5/c1-9-24-15-17-26(18-16-24)30(31(39)36-27-19-21-28(42-8)22-20-27)38(34(2,3)4)32(40)29(23-25-13-11-10-12-14-25)37-33(41)43-35(5,6)7/h10-22,29-30H,9,23H2,1-8H3,(H,36,39)(H,37,41). The lowest BCUT2D eigenvalue weighted by molar-refractivity contribution is -0.146. The highest BCUT2D eigenvalue weighted by Crippen LogP contribution is 2.32. The Hall–Kier alpha value is -4.33.